The molecule has 2 aromatic heterocycles. The lowest BCUT2D eigenvalue weighted by Gasteiger charge is -2.13. The molecule has 0 atom stereocenters. The monoisotopic (exact) mass is 769 g/mol. The molecule has 9 aromatic carbocycles. The van der Waals surface area contributed by atoms with Crippen LogP contribution in [0.15, 0.2) is 212 Å². The summed E-state index contributed by atoms with van der Waals surface area (Å²) in [5.74, 6) is 1.89. The van der Waals surface area contributed by atoms with Gasteiger partial charge in [0.2, 0.25) is 0 Å². The molecule has 0 saturated heterocycles. The number of hydrogen-bond donors (Lipinski definition) is 0. The first-order valence-corrected chi connectivity index (χ1v) is 20.7. The molecule has 4 heteroatoms. The van der Waals surface area contributed by atoms with Gasteiger partial charge < -0.3 is 0 Å². The van der Waals surface area contributed by atoms with E-state index in [1.165, 1.54) is 42.1 Å². The van der Waals surface area contributed by atoms with E-state index >= 15 is 0 Å². The molecule has 0 radical (unpaired) electrons. The average molecular weight is 770 g/mol. The molecular formula is C55H35N3S. The highest BCUT2D eigenvalue weighted by Gasteiger charge is 2.17. The van der Waals surface area contributed by atoms with Crippen LogP contribution in [0.2, 0.25) is 0 Å². The Kier molecular flexibility index (Phi) is 8.68. The van der Waals surface area contributed by atoms with Gasteiger partial charge in [-0.25, -0.2) is 15.0 Å². The molecule has 276 valence electrons. The lowest BCUT2D eigenvalue weighted by atomic mass is 9.96. The van der Waals surface area contributed by atoms with E-state index in [2.05, 4.69) is 194 Å². The van der Waals surface area contributed by atoms with E-state index < -0.39 is 0 Å². The fourth-order valence-electron chi connectivity index (χ4n) is 8.15. The van der Waals surface area contributed by atoms with Crippen molar-refractivity contribution in [1.82, 2.24) is 15.0 Å². The maximum absolute atomic E-state index is 5.16. The molecular weight excluding hydrogens is 735 g/mol. The van der Waals surface area contributed by atoms with Crippen molar-refractivity contribution in [2.24, 2.45) is 0 Å². The van der Waals surface area contributed by atoms with Gasteiger partial charge in [0.15, 0.2) is 17.5 Å². The number of thiophene rings is 1. The Labute approximate surface area is 346 Å². The van der Waals surface area contributed by atoms with E-state index in [0.29, 0.717) is 17.5 Å². The third-order valence-electron chi connectivity index (χ3n) is 11.1. The number of nitrogens with zero attached hydrogens (tertiary/aromatic N) is 3. The summed E-state index contributed by atoms with van der Waals surface area (Å²) in [6.07, 6.45) is 0. The predicted molar refractivity (Wildman–Crippen MR) is 248 cm³/mol. The Morgan fingerprint density at radius 1 is 0.271 bits per heavy atom. The van der Waals surface area contributed by atoms with E-state index in [9.17, 15) is 0 Å². The Bertz CT molecular complexity index is 3320. The minimum absolute atomic E-state index is 0.628. The Morgan fingerprint density at radius 2 is 0.780 bits per heavy atom. The van der Waals surface area contributed by atoms with Gasteiger partial charge in [0.25, 0.3) is 0 Å². The van der Waals surface area contributed by atoms with Gasteiger partial charge in [0.1, 0.15) is 0 Å². The highest BCUT2D eigenvalue weighted by molar-refractivity contribution is 7.26. The first kappa shape index (κ1) is 34.7. The van der Waals surface area contributed by atoms with Crippen LogP contribution in [0.3, 0.4) is 0 Å². The van der Waals surface area contributed by atoms with Gasteiger partial charge >= 0.3 is 0 Å². The first-order valence-electron chi connectivity index (χ1n) is 19.8. The third kappa shape index (κ3) is 6.56. The van der Waals surface area contributed by atoms with E-state index in [0.717, 1.165) is 50.1 Å². The second kappa shape index (κ2) is 14.8. The van der Waals surface area contributed by atoms with Crippen molar-refractivity contribution < 1.29 is 0 Å². The van der Waals surface area contributed by atoms with Crippen LogP contribution < -0.4 is 0 Å². The lowest BCUT2D eigenvalue weighted by molar-refractivity contribution is 1.07. The number of hydrogen-bond acceptors (Lipinski definition) is 4. The zero-order valence-corrected chi connectivity index (χ0v) is 32.8. The Balaban J connectivity index is 0.982. The molecule has 0 aliphatic carbocycles. The second-order valence-electron chi connectivity index (χ2n) is 14.8. The number of fused-ring (bicyclic) bond motifs is 4. The van der Waals surface area contributed by atoms with Crippen molar-refractivity contribution in [1.29, 1.82) is 0 Å². The highest BCUT2D eigenvalue weighted by Crippen LogP contribution is 2.41. The minimum atomic E-state index is 0.628. The summed E-state index contributed by atoms with van der Waals surface area (Å²) in [4.78, 5) is 15.4. The normalized spacial score (nSPS) is 11.4. The van der Waals surface area contributed by atoms with E-state index in [1.54, 1.807) is 0 Å². The number of benzene rings is 9. The van der Waals surface area contributed by atoms with Crippen LogP contribution in [-0.2, 0) is 0 Å². The summed E-state index contributed by atoms with van der Waals surface area (Å²) in [5.41, 5.74) is 12.1. The van der Waals surface area contributed by atoms with Crippen LogP contribution in [0.1, 0.15) is 0 Å². The summed E-state index contributed by atoms with van der Waals surface area (Å²) in [6, 6.07) is 75.2. The lowest BCUT2D eigenvalue weighted by Crippen LogP contribution is -2.01. The van der Waals surface area contributed by atoms with Gasteiger partial charge in [-0.3, -0.25) is 0 Å². The van der Waals surface area contributed by atoms with Crippen LogP contribution in [0.25, 0.3) is 110 Å². The van der Waals surface area contributed by atoms with Gasteiger partial charge in [-0.1, -0.05) is 188 Å². The largest absolute Gasteiger partial charge is 0.208 e. The summed E-state index contributed by atoms with van der Waals surface area (Å²) >= 11 is 1.87. The molecule has 3 nitrogen and oxygen atoms in total. The molecule has 0 bridgehead atoms. The molecule has 0 fully saturated rings. The highest BCUT2D eigenvalue weighted by atomic mass is 32.1. The summed E-state index contributed by atoms with van der Waals surface area (Å²) < 4.78 is 2.65. The molecule has 2 heterocycles. The zero-order valence-electron chi connectivity index (χ0n) is 32.0. The van der Waals surface area contributed by atoms with Crippen molar-refractivity contribution in [2.75, 3.05) is 0 Å². The molecule has 0 N–H and O–H groups in total. The SMILES string of the molecule is c1ccc(-c2cccc(-c3nc(-c4ccc(-c5ccc6ccc(-c7cccc8c7sc7ccccc78)cc6c5)cc4)nc(-c4ccccc4-c4ccccc4)n3)c2)cc1. The van der Waals surface area contributed by atoms with Crippen molar-refractivity contribution in [3.8, 4) is 78.7 Å². The maximum Gasteiger partial charge on any atom is 0.164 e. The topological polar surface area (TPSA) is 38.7 Å². The third-order valence-corrected chi connectivity index (χ3v) is 12.4. The van der Waals surface area contributed by atoms with Crippen molar-refractivity contribution in [3.63, 3.8) is 0 Å². The Morgan fingerprint density at radius 3 is 1.59 bits per heavy atom. The quantitative estimate of drug-likeness (QED) is 0.162. The Hall–Kier alpha value is -7.53. The van der Waals surface area contributed by atoms with Crippen LogP contribution in [0.5, 0.6) is 0 Å². The maximum atomic E-state index is 5.16. The molecule has 0 amide bonds. The van der Waals surface area contributed by atoms with Gasteiger partial charge in [-0.05, 0) is 79.5 Å². The minimum Gasteiger partial charge on any atom is -0.208 e. The van der Waals surface area contributed by atoms with Crippen LogP contribution >= 0.6 is 11.3 Å². The zero-order chi connectivity index (χ0) is 39.1. The standard InChI is InChI=1S/C55H35N3S/c1-3-13-36(14-4-1)41-17-11-18-44(33-41)54-56-53(57-55(58-54)50-21-8-7-19-46(50)39-15-5-2-6-16-39)40-29-25-37(26-30-40)42-31-27-38-28-32-43(35-45(38)34-42)47-22-12-23-49-48-20-9-10-24-51(48)59-52(47)49/h1-35H. The summed E-state index contributed by atoms with van der Waals surface area (Å²) in [7, 11) is 0. The fourth-order valence-corrected chi connectivity index (χ4v) is 9.39. The number of rotatable bonds is 7. The summed E-state index contributed by atoms with van der Waals surface area (Å²) in [6.45, 7) is 0. The van der Waals surface area contributed by atoms with Gasteiger partial charge in [-0.2, -0.15) is 0 Å². The molecule has 0 spiro atoms. The van der Waals surface area contributed by atoms with Gasteiger partial charge in [-0.15, -0.1) is 11.3 Å². The first-order chi connectivity index (χ1) is 29.2. The number of aromatic nitrogens is 3. The molecule has 0 aliphatic rings. The van der Waals surface area contributed by atoms with E-state index in [1.807, 2.05) is 29.5 Å². The molecule has 0 unspecified atom stereocenters. The van der Waals surface area contributed by atoms with E-state index in [4.69, 9.17) is 15.0 Å². The fraction of sp³-hybridized carbons (Fsp3) is 0. The van der Waals surface area contributed by atoms with Crippen molar-refractivity contribution in [3.05, 3.63) is 212 Å². The van der Waals surface area contributed by atoms with Crippen molar-refractivity contribution >= 4 is 42.3 Å². The summed E-state index contributed by atoms with van der Waals surface area (Å²) in [5, 5.41) is 5.06. The average Bonchev–Trinajstić information content (AvgIpc) is 3.71. The van der Waals surface area contributed by atoms with Crippen LogP contribution in [-0.4, -0.2) is 15.0 Å². The predicted octanol–water partition coefficient (Wildman–Crippen LogP) is 15.1. The molecule has 11 aromatic rings. The van der Waals surface area contributed by atoms with Crippen molar-refractivity contribution in [2.45, 2.75) is 0 Å². The van der Waals surface area contributed by atoms with Crippen LogP contribution in [0.4, 0.5) is 0 Å². The second-order valence-corrected chi connectivity index (χ2v) is 15.9. The molecule has 59 heavy (non-hydrogen) atoms. The van der Waals surface area contributed by atoms with Gasteiger partial charge in [0.05, 0.1) is 0 Å². The van der Waals surface area contributed by atoms with Gasteiger partial charge in [0, 0.05) is 36.9 Å². The molecule has 0 saturated carbocycles. The smallest absolute Gasteiger partial charge is 0.164 e. The van der Waals surface area contributed by atoms with E-state index in [-0.39, 0.29) is 0 Å². The van der Waals surface area contributed by atoms with Crippen LogP contribution in [0, 0.1) is 0 Å². The molecule has 11 rings (SSSR count). The molecule has 0 aliphatic heterocycles.